The molecule has 1 unspecified atom stereocenters. The number of hydrogen-bond acceptors (Lipinski definition) is 5. The zero-order valence-corrected chi connectivity index (χ0v) is 7.25. The van der Waals surface area contributed by atoms with Crippen LogP contribution in [-0.4, -0.2) is 43.9 Å². The number of ether oxygens (including phenoxy) is 1. The van der Waals surface area contributed by atoms with Crippen molar-refractivity contribution in [2.24, 2.45) is 5.73 Å². The van der Waals surface area contributed by atoms with Gasteiger partial charge in [0.2, 0.25) is 0 Å². The molecule has 0 bridgehead atoms. The van der Waals surface area contributed by atoms with Crippen molar-refractivity contribution in [2.75, 3.05) is 26.8 Å². The summed E-state index contributed by atoms with van der Waals surface area (Å²) in [5.41, 5.74) is 5.27. The zero-order valence-electron chi connectivity index (χ0n) is 7.25. The van der Waals surface area contributed by atoms with Crippen molar-refractivity contribution >= 4 is 5.97 Å². The van der Waals surface area contributed by atoms with Crippen LogP contribution in [0.1, 0.15) is 36.1 Å². The third-order valence-electron chi connectivity index (χ3n) is 1.42. The Labute approximate surface area is 101 Å². The lowest BCUT2D eigenvalue weighted by molar-refractivity contribution is -0.147. The van der Waals surface area contributed by atoms with Gasteiger partial charge in [0.05, 0.1) is 6.61 Å². The van der Waals surface area contributed by atoms with Crippen molar-refractivity contribution in [3.05, 3.63) is 0 Å². The predicted molar refractivity (Wildman–Crippen MR) is 71.5 cm³/mol. The van der Waals surface area contributed by atoms with Crippen LogP contribution in [0.5, 0.6) is 0 Å². The highest BCUT2D eigenvalue weighted by atomic mass is 16.5. The smallest absolute Gasteiger partial charge is 0.323 e. The highest BCUT2D eigenvalue weighted by Crippen LogP contribution is 1.92. The largest absolute Gasteiger partial charge is 0.462 e. The number of aliphatic hydroxyl groups is 1. The second-order valence-corrected chi connectivity index (χ2v) is 2.31. The minimum Gasteiger partial charge on any atom is -0.462 e. The van der Waals surface area contributed by atoms with Gasteiger partial charge in [0.25, 0.3) is 0 Å². The Kier molecular flexibility index (Phi) is 36.6. The maximum atomic E-state index is 11.1. The minimum atomic E-state index is -0.364. The van der Waals surface area contributed by atoms with E-state index in [0.717, 1.165) is 0 Å². The van der Waals surface area contributed by atoms with E-state index in [1.807, 2.05) is 0 Å². The normalized spacial score (nSPS) is 9.44. The van der Waals surface area contributed by atoms with E-state index in [9.17, 15) is 4.79 Å². The molecule has 0 spiro atoms. The van der Waals surface area contributed by atoms with Gasteiger partial charge in [0.15, 0.2) is 0 Å². The Balaban J connectivity index is -0.000000101. The van der Waals surface area contributed by atoms with Gasteiger partial charge in [-0.1, -0.05) is 29.7 Å². The van der Waals surface area contributed by atoms with Gasteiger partial charge >= 0.3 is 5.97 Å². The van der Waals surface area contributed by atoms with Gasteiger partial charge in [0, 0.05) is 0 Å². The maximum absolute atomic E-state index is 11.1. The van der Waals surface area contributed by atoms with Crippen molar-refractivity contribution < 1.29 is 14.6 Å². The predicted octanol–water partition coefficient (Wildman–Crippen LogP) is 1.00. The van der Waals surface area contributed by atoms with E-state index in [4.69, 9.17) is 10.8 Å². The first kappa shape index (κ1) is 29.5. The van der Waals surface area contributed by atoms with Gasteiger partial charge in [-0.05, 0) is 20.0 Å². The fraction of sp³-hybridized carbons (Fsp3) is 0.909. The first-order valence-electron chi connectivity index (χ1n) is 3.91. The zero-order chi connectivity index (χ0) is 9.40. The average molecular weight is 240 g/mol. The van der Waals surface area contributed by atoms with E-state index in [-0.39, 0.29) is 54.9 Å². The summed E-state index contributed by atoms with van der Waals surface area (Å²) in [5.74, 6) is -0.364. The molecule has 0 aliphatic rings. The highest BCUT2D eigenvalue weighted by molar-refractivity contribution is 5.75. The topological polar surface area (TPSA) is 84.6 Å². The number of rotatable bonds is 6. The lowest BCUT2D eigenvalue weighted by atomic mass is 10.2. The third-order valence-corrected chi connectivity index (χ3v) is 1.42. The summed E-state index contributed by atoms with van der Waals surface area (Å²) in [6, 6.07) is -0.360. The second kappa shape index (κ2) is 19.9. The van der Waals surface area contributed by atoms with Gasteiger partial charge < -0.3 is 20.9 Å². The number of esters is 1. The molecular formula is C11H32N2O3. The van der Waals surface area contributed by atoms with E-state index in [1.54, 1.807) is 7.05 Å². The highest BCUT2D eigenvalue weighted by Gasteiger charge is 2.15. The molecule has 0 fully saturated rings. The Bertz CT molecular complexity index is 132. The van der Waals surface area contributed by atoms with Crippen molar-refractivity contribution in [3.63, 3.8) is 0 Å². The lowest BCUT2D eigenvalue weighted by Gasteiger charge is -2.13. The Morgan fingerprint density at radius 3 is 2.19 bits per heavy atom. The van der Waals surface area contributed by atoms with E-state index >= 15 is 0 Å². The molecule has 1 atom stereocenters. The maximum Gasteiger partial charge on any atom is 0.323 e. The molecule has 5 heteroatoms. The monoisotopic (exact) mass is 240 g/mol. The van der Waals surface area contributed by atoms with Gasteiger partial charge in [-0.2, -0.15) is 0 Å². The number of carbonyl (C=O) groups is 1. The molecule has 104 valence electrons. The van der Waals surface area contributed by atoms with Crippen LogP contribution in [0.4, 0.5) is 0 Å². The lowest BCUT2D eigenvalue weighted by Crippen LogP contribution is -2.37. The molecule has 4 N–H and O–H groups in total. The molecule has 0 saturated heterocycles. The summed E-state index contributed by atoms with van der Waals surface area (Å²) in [7, 11) is 1.67. The SMILES string of the molecule is C.C.C.C.CNC(CCN)C(=O)OCCO. The molecule has 0 saturated carbocycles. The molecule has 0 aromatic rings. The number of nitrogens with one attached hydrogen (secondary N) is 1. The van der Waals surface area contributed by atoms with Crippen LogP contribution in [0.2, 0.25) is 0 Å². The van der Waals surface area contributed by atoms with Crippen LogP contribution in [0.25, 0.3) is 0 Å². The van der Waals surface area contributed by atoms with E-state index in [2.05, 4.69) is 10.1 Å². The Morgan fingerprint density at radius 2 is 1.88 bits per heavy atom. The van der Waals surface area contributed by atoms with Crippen molar-refractivity contribution in [1.82, 2.24) is 5.32 Å². The molecule has 0 aliphatic carbocycles. The van der Waals surface area contributed by atoms with E-state index < -0.39 is 0 Å². The molecule has 16 heavy (non-hydrogen) atoms. The summed E-state index contributed by atoms with van der Waals surface area (Å²) in [5, 5.41) is 11.2. The van der Waals surface area contributed by atoms with E-state index in [0.29, 0.717) is 13.0 Å². The van der Waals surface area contributed by atoms with Crippen LogP contribution in [0, 0.1) is 0 Å². The number of carbonyl (C=O) groups excluding carboxylic acids is 1. The molecule has 0 heterocycles. The number of aliphatic hydroxyl groups excluding tert-OH is 1. The van der Waals surface area contributed by atoms with Gasteiger partial charge in [-0.15, -0.1) is 0 Å². The Hall–Kier alpha value is -0.650. The summed E-state index contributed by atoms with van der Waals surface area (Å²) < 4.78 is 4.69. The quantitative estimate of drug-likeness (QED) is 0.603. The van der Waals surface area contributed by atoms with Gasteiger partial charge in [0.1, 0.15) is 12.6 Å². The summed E-state index contributed by atoms with van der Waals surface area (Å²) >= 11 is 0. The fourth-order valence-electron chi connectivity index (χ4n) is 0.794. The van der Waals surface area contributed by atoms with Crippen LogP contribution < -0.4 is 11.1 Å². The van der Waals surface area contributed by atoms with Gasteiger partial charge in [-0.25, -0.2) is 0 Å². The first-order valence-corrected chi connectivity index (χ1v) is 3.91. The number of likely N-dealkylation sites (N-methyl/N-ethyl adjacent to an activating group) is 1. The van der Waals surface area contributed by atoms with Crippen LogP contribution >= 0.6 is 0 Å². The molecule has 0 aliphatic heterocycles. The molecule has 0 aromatic carbocycles. The van der Waals surface area contributed by atoms with Crippen molar-refractivity contribution in [2.45, 2.75) is 42.2 Å². The molecule has 0 radical (unpaired) electrons. The summed E-state index contributed by atoms with van der Waals surface area (Å²) in [6.07, 6.45) is 0.542. The van der Waals surface area contributed by atoms with Crippen molar-refractivity contribution in [3.8, 4) is 0 Å². The number of nitrogens with two attached hydrogens (primary N) is 1. The molecule has 0 rings (SSSR count). The van der Waals surface area contributed by atoms with Gasteiger partial charge in [-0.3, -0.25) is 4.79 Å². The number of hydrogen-bond donors (Lipinski definition) is 3. The first-order chi connectivity index (χ1) is 5.76. The second-order valence-electron chi connectivity index (χ2n) is 2.31. The van der Waals surface area contributed by atoms with Crippen LogP contribution in [0.3, 0.4) is 0 Å². The standard InChI is InChI=1S/C7H16N2O3.4CH4/c1-9-6(2-3-8)7(11)12-5-4-10;;;;/h6,9-10H,2-5,8H2,1H3;4*1H4. The molecular weight excluding hydrogens is 208 g/mol. The minimum absolute atomic E-state index is 0. The third kappa shape index (κ3) is 13.4. The van der Waals surface area contributed by atoms with E-state index in [1.165, 1.54) is 0 Å². The average Bonchev–Trinajstić information content (AvgIpc) is 2.10. The van der Waals surface area contributed by atoms with Crippen molar-refractivity contribution in [1.29, 1.82) is 0 Å². The molecule has 0 amide bonds. The Morgan fingerprint density at radius 1 is 1.38 bits per heavy atom. The molecule has 0 aromatic heterocycles. The summed E-state index contributed by atoms with van der Waals surface area (Å²) in [4.78, 5) is 11.1. The molecule has 5 nitrogen and oxygen atoms in total. The fourth-order valence-corrected chi connectivity index (χ4v) is 0.794. The van der Waals surface area contributed by atoms with Crippen LogP contribution in [0.15, 0.2) is 0 Å². The summed E-state index contributed by atoms with van der Waals surface area (Å²) in [6.45, 7) is 0.326. The van der Waals surface area contributed by atoms with Crippen LogP contribution in [-0.2, 0) is 9.53 Å².